The zero-order chi connectivity index (χ0) is 17.4. The summed E-state index contributed by atoms with van der Waals surface area (Å²) >= 11 is 0. The maximum Gasteiger partial charge on any atom is 0.362 e. The zero-order valence-corrected chi connectivity index (χ0v) is 14.6. The molecule has 0 saturated heterocycles. The quantitative estimate of drug-likeness (QED) is 0.436. The zero-order valence-electron chi connectivity index (χ0n) is 14.6. The van der Waals surface area contributed by atoms with Crippen LogP contribution in [-0.4, -0.2) is 25.3 Å². The van der Waals surface area contributed by atoms with Gasteiger partial charge in [-0.05, 0) is 30.8 Å². The summed E-state index contributed by atoms with van der Waals surface area (Å²) in [5.74, 6) is 0. The van der Waals surface area contributed by atoms with Crippen molar-refractivity contribution < 1.29 is 4.65 Å². The molecule has 0 aliphatic rings. The Morgan fingerprint density at radius 3 is 1.92 bits per heavy atom. The van der Waals surface area contributed by atoms with Crippen molar-refractivity contribution in [1.29, 1.82) is 0 Å². The number of hydrogen-bond donors (Lipinski definition) is 0. The SMILES string of the molecule is C=C/C=C\C(=NC)C(C)(C)OB(c1ccccc1)c1ccccc1. The van der Waals surface area contributed by atoms with E-state index in [9.17, 15) is 0 Å². The van der Waals surface area contributed by atoms with Gasteiger partial charge < -0.3 is 4.65 Å². The summed E-state index contributed by atoms with van der Waals surface area (Å²) in [5, 5.41) is 0. The third kappa shape index (κ3) is 4.56. The van der Waals surface area contributed by atoms with Crippen molar-refractivity contribution in [3.8, 4) is 0 Å². The summed E-state index contributed by atoms with van der Waals surface area (Å²) in [6, 6.07) is 20.5. The molecule has 0 saturated carbocycles. The second-order valence-electron chi connectivity index (χ2n) is 6.03. The van der Waals surface area contributed by atoms with Gasteiger partial charge in [-0.25, -0.2) is 0 Å². The van der Waals surface area contributed by atoms with Gasteiger partial charge in [-0.2, -0.15) is 0 Å². The highest BCUT2D eigenvalue weighted by Crippen LogP contribution is 2.15. The maximum atomic E-state index is 6.54. The average Bonchev–Trinajstić information content (AvgIpc) is 2.62. The maximum absolute atomic E-state index is 6.54. The minimum Gasteiger partial charge on any atom is -0.416 e. The average molecular weight is 317 g/mol. The van der Waals surface area contributed by atoms with E-state index in [0.717, 1.165) is 16.6 Å². The molecule has 0 aromatic heterocycles. The van der Waals surface area contributed by atoms with Crippen molar-refractivity contribution >= 4 is 23.6 Å². The third-order valence-corrected chi connectivity index (χ3v) is 3.87. The summed E-state index contributed by atoms with van der Waals surface area (Å²) in [6.45, 7) is 7.65. The highest BCUT2D eigenvalue weighted by Gasteiger charge is 2.32. The fourth-order valence-electron chi connectivity index (χ4n) is 2.64. The van der Waals surface area contributed by atoms with Crippen LogP contribution in [0.2, 0.25) is 0 Å². The van der Waals surface area contributed by atoms with E-state index in [1.165, 1.54) is 0 Å². The van der Waals surface area contributed by atoms with E-state index in [4.69, 9.17) is 4.65 Å². The van der Waals surface area contributed by atoms with Gasteiger partial charge >= 0.3 is 6.92 Å². The van der Waals surface area contributed by atoms with Crippen molar-refractivity contribution in [3.05, 3.63) is 85.5 Å². The molecule has 2 rings (SSSR count). The van der Waals surface area contributed by atoms with Gasteiger partial charge in [0, 0.05) is 7.05 Å². The van der Waals surface area contributed by atoms with Crippen LogP contribution >= 0.6 is 0 Å². The predicted molar refractivity (Wildman–Crippen MR) is 106 cm³/mol. The van der Waals surface area contributed by atoms with Crippen LogP contribution in [0.3, 0.4) is 0 Å². The van der Waals surface area contributed by atoms with Crippen LogP contribution in [-0.2, 0) is 4.65 Å². The Hall–Kier alpha value is -2.39. The molecule has 0 unspecified atom stereocenters. The predicted octanol–water partition coefficient (Wildman–Crippen LogP) is 3.40. The molecular weight excluding hydrogens is 293 g/mol. The number of nitrogens with zero attached hydrogens (tertiary/aromatic N) is 1. The molecule has 0 bridgehead atoms. The Balaban J connectivity index is 2.38. The fourth-order valence-corrected chi connectivity index (χ4v) is 2.64. The third-order valence-electron chi connectivity index (χ3n) is 3.87. The van der Waals surface area contributed by atoms with E-state index < -0.39 is 5.60 Å². The van der Waals surface area contributed by atoms with Crippen molar-refractivity contribution in [2.45, 2.75) is 19.4 Å². The van der Waals surface area contributed by atoms with E-state index in [-0.39, 0.29) is 6.92 Å². The molecule has 0 aliphatic carbocycles. The Labute approximate surface area is 145 Å². The molecule has 2 nitrogen and oxygen atoms in total. The van der Waals surface area contributed by atoms with Crippen LogP contribution in [0.1, 0.15) is 13.8 Å². The normalized spacial score (nSPS) is 12.4. The summed E-state index contributed by atoms with van der Waals surface area (Å²) < 4.78 is 6.54. The first-order valence-electron chi connectivity index (χ1n) is 8.12. The first-order chi connectivity index (χ1) is 11.6. The van der Waals surface area contributed by atoms with Crippen molar-refractivity contribution in [2.75, 3.05) is 7.05 Å². The summed E-state index contributed by atoms with van der Waals surface area (Å²) in [6.07, 6.45) is 5.57. The van der Waals surface area contributed by atoms with Gasteiger partial charge in [0.25, 0.3) is 0 Å². The second-order valence-corrected chi connectivity index (χ2v) is 6.03. The lowest BCUT2D eigenvalue weighted by atomic mass is 9.55. The summed E-state index contributed by atoms with van der Waals surface area (Å²) in [7, 11) is 1.79. The summed E-state index contributed by atoms with van der Waals surface area (Å²) in [4.78, 5) is 4.39. The van der Waals surface area contributed by atoms with E-state index in [2.05, 4.69) is 35.8 Å². The largest absolute Gasteiger partial charge is 0.416 e. The van der Waals surface area contributed by atoms with E-state index >= 15 is 0 Å². The number of aliphatic imine (C=N–C) groups is 1. The number of allylic oxidation sites excluding steroid dienone is 2. The van der Waals surface area contributed by atoms with Crippen molar-refractivity contribution in [2.24, 2.45) is 4.99 Å². The lowest BCUT2D eigenvalue weighted by Gasteiger charge is -2.30. The Kier molecular flexibility index (Phi) is 6.33. The Morgan fingerprint density at radius 2 is 1.50 bits per heavy atom. The molecule has 3 heteroatoms. The standard InChI is InChI=1S/C21H24BNO/c1-5-6-17-20(23-4)21(2,3)24-22(18-13-9-7-10-14-18)19-15-11-8-12-16-19/h5-17H,1H2,2-4H3/b17-6-,23-20?. The molecular formula is C21H24BNO. The van der Waals surface area contributed by atoms with Gasteiger partial charge in [0.05, 0.1) is 11.3 Å². The van der Waals surface area contributed by atoms with Crippen LogP contribution in [0.15, 0.2) is 90.5 Å². The van der Waals surface area contributed by atoms with Gasteiger partial charge in [-0.1, -0.05) is 79.4 Å². The molecule has 2 aromatic rings. The Morgan fingerprint density at radius 1 is 1.00 bits per heavy atom. The molecule has 0 amide bonds. The monoisotopic (exact) mass is 317 g/mol. The molecule has 0 spiro atoms. The highest BCUT2D eigenvalue weighted by atomic mass is 16.5. The second kappa shape index (κ2) is 8.46. The van der Waals surface area contributed by atoms with Gasteiger partial charge in [-0.15, -0.1) is 0 Å². The van der Waals surface area contributed by atoms with Crippen LogP contribution < -0.4 is 10.9 Å². The minimum atomic E-state index is -0.537. The van der Waals surface area contributed by atoms with Crippen LogP contribution in [0.25, 0.3) is 0 Å². The van der Waals surface area contributed by atoms with E-state index in [1.807, 2.05) is 62.4 Å². The first-order valence-corrected chi connectivity index (χ1v) is 8.12. The molecule has 0 heterocycles. The number of hydrogen-bond acceptors (Lipinski definition) is 2. The molecule has 0 atom stereocenters. The van der Waals surface area contributed by atoms with Crippen LogP contribution in [0, 0.1) is 0 Å². The molecule has 122 valence electrons. The molecule has 0 N–H and O–H groups in total. The lowest BCUT2D eigenvalue weighted by Crippen LogP contribution is -2.52. The van der Waals surface area contributed by atoms with Crippen molar-refractivity contribution in [3.63, 3.8) is 0 Å². The Bertz CT molecular complexity index is 666. The minimum absolute atomic E-state index is 0.156. The first kappa shape index (κ1) is 18.0. The van der Waals surface area contributed by atoms with Crippen molar-refractivity contribution in [1.82, 2.24) is 0 Å². The van der Waals surface area contributed by atoms with Gasteiger partial charge in [0.1, 0.15) is 0 Å². The highest BCUT2D eigenvalue weighted by molar-refractivity contribution is 6.80. The van der Waals surface area contributed by atoms with Gasteiger partial charge in [-0.3, -0.25) is 4.99 Å². The van der Waals surface area contributed by atoms with Crippen LogP contribution in [0.4, 0.5) is 0 Å². The molecule has 0 aliphatic heterocycles. The lowest BCUT2D eigenvalue weighted by molar-refractivity contribution is 0.191. The molecule has 0 radical (unpaired) electrons. The van der Waals surface area contributed by atoms with Gasteiger partial charge in [0.2, 0.25) is 0 Å². The number of benzene rings is 2. The molecule has 2 aromatic carbocycles. The summed E-state index contributed by atoms with van der Waals surface area (Å²) in [5.41, 5.74) is 2.59. The van der Waals surface area contributed by atoms with Crippen LogP contribution in [0.5, 0.6) is 0 Å². The smallest absolute Gasteiger partial charge is 0.362 e. The number of rotatable bonds is 7. The molecule has 24 heavy (non-hydrogen) atoms. The van der Waals surface area contributed by atoms with E-state index in [1.54, 1.807) is 13.1 Å². The van der Waals surface area contributed by atoms with Gasteiger partial charge in [0.15, 0.2) is 0 Å². The van der Waals surface area contributed by atoms with E-state index in [0.29, 0.717) is 0 Å². The fraction of sp³-hybridized carbons (Fsp3) is 0.190. The topological polar surface area (TPSA) is 21.6 Å². The molecule has 0 fully saturated rings.